The van der Waals surface area contributed by atoms with E-state index in [9.17, 15) is 0 Å². The van der Waals surface area contributed by atoms with E-state index in [2.05, 4.69) is 54.6 Å². The molecule has 85 valence electrons. The van der Waals surface area contributed by atoms with E-state index >= 15 is 0 Å². The molecule has 0 aliphatic heterocycles. The predicted octanol–water partition coefficient (Wildman–Crippen LogP) is 3.36. The lowest BCUT2D eigenvalue weighted by atomic mass is 10.1. The van der Waals surface area contributed by atoms with Gasteiger partial charge in [-0.15, -0.1) is 0 Å². The smallest absolute Gasteiger partial charge is 0.0179 e. The third-order valence-electron chi connectivity index (χ3n) is 3.05. The Hall–Kier alpha value is -1.59. The third kappa shape index (κ3) is 2.19. The highest BCUT2D eigenvalue weighted by Crippen LogP contribution is 2.28. The monoisotopic (exact) mass is 246 g/mol. The normalized spacial score (nSPS) is 12.5. The molecule has 0 aromatic heterocycles. The van der Waals surface area contributed by atoms with E-state index in [1.54, 1.807) is 0 Å². The summed E-state index contributed by atoms with van der Waals surface area (Å²) < 4.78 is 0. The summed E-state index contributed by atoms with van der Waals surface area (Å²) in [5, 5.41) is 4.94. The molecule has 0 nitrogen and oxygen atoms in total. The van der Waals surface area contributed by atoms with Gasteiger partial charge in [0.1, 0.15) is 0 Å². The Morgan fingerprint density at radius 3 is 2.06 bits per heavy atom. The summed E-state index contributed by atoms with van der Waals surface area (Å²) in [6.07, 6.45) is 0. The van der Waals surface area contributed by atoms with Crippen LogP contribution in [0, 0.1) is 0 Å². The highest BCUT2D eigenvalue weighted by molar-refractivity contribution is 7.94. The molecule has 3 aromatic rings. The molecule has 0 aliphatic carbocycles. The van der Waals surface area contributed by atoms with Crippen LogP contribution in [0.5, 0.6) is 0 Å². The molecule has 0 saturated carbocycles. The largest absolute Gasteiger partial charge is 0.567 e. The van der Waals surface area contributed by atoms with Crippen molar-refractivity contribution in [3.8, 4) is 0 Å². The molecular formula is C16H12BP-. The van der Waals surface area contributed by atoms with Crippen molar-refractivity contribution in [3.05, 3.63) is 72.8 Å². The minimum absolute atomic E-state index is 0.744. The van der Waals surface area contributed by atoms with E-state index in [-0.39, 0.29) is 0 Å². The van der Waals surface area contributed by atoms with Gasteiger partial charge in [0.25, 0.3) is 0 Å². The molecule has 3 radical (unpaired) electrons. The summed E-state index contributed by atoms with van der Waals surface area (Å²) in [4.78, 5) is 0. The summed E-state index contributed by atoms with van der Waals surface area (Å²) in [7, 11) is 5.63. The number of rotatable bonds is 2. The Bertz CT molecular complexity index is 664. The molecule has 18 heavy (non-hydrogen) atoms. The Morgan fingerprint density at radius 2 is 1.28 bits per heavy atom. The fraction of sp³-hybridized carbons (Fsp3) is 0. The van der Waals surface area contributed by atoms with Gasteiger partial charge in [-0.2, -0.15) is 0 Å². The van der Waals surface area contributed by atoms with Crippen LogP contribution >= 0.6 is 7.80 Å². The van der Waals surface area contributed by atoms with Crippen molar-refractivity contribution in [2.24, 2.45) is 0 Å². The molecule has 0 aliphatic rings. The zero-order valence-electron chi connectivity index (χ0n) is 9.95. The van der Waals surface area contributed by atoms with Crippen molar-refractivity contribution >= 4 is 36.7 Å². The zero-order valence-corrected chi connectivity index (χ0v) is 10.8. The Labute approximate surface area is 110 Å². The van der Waals surface area contributed by atoms with Crippen LogP contribution in [0.3, 0.4) is 0 Å². The fourth-order valence-electron chi connectivity index (χ4n) is 2.06. The zero-order chi connectivity index (χ0) is 12.4. The molecule has 0 heterocycles. The van der Waals surface area contributed by atoms with Gasteiger partial charge in [0.2, 0.25) is 0 Å². The summed E-state index contributed by atoms with van der Waals surface area (Å²) in [5.74, 6) is 0. The Kier molecular flexibility index (Phi) is 3.17. The van der Waals surface area contributed by atoms with Gasteiger partial charge in [0, 0.05) is 0 Å². The quantitative estimate of drug-likeness (QED) is 0.480. The van der Waals surface area contributed by atoms with Gasteiger partial charge in [0.05, 0.1) is 0 Å². The van der Waals surface area contributed by atoms with E-state index in [0.29, 0.717) is 0 Å². The van der Waals surface area contributed by atoms with Gasteiger partial charge in [-0.05, 0) is 16.8 Å². The van der Waals surface area contributed by atoms with Crippen LogP contribution in [0.2, 0.25) is 0 Å². The molecular weight excluding hydrogens is 234 g/mol. The first-order chi connectivity index (χ1) is 8.84. The van der Waals surface area contributed by atoms with Crippen molar-refractivity contribution in [1.82, 2.24) is 0 Å². The van der Waals surface area contributed by atoms with Gasteiger partial charge < -0.3 is 15.4 Å². The topological polar surface area (TPSA) is 0 Å². The Morgan fingerprint density at radius 1 is 0.611 bits per heavy atom. The lowest BCUT2D eigenvalue weighted by molar-refractivity contribution is 1.77. The number of benzene rings is 3. The molecule has 0 saturated heterocycles. The number of fused-ring (bicyclic) bond motifs is 1. The molecule has 1 atom stereocenters. The molecule has 3 aromatic carbocycles. The van der Waals surface area contributed by atoms with Crippen molar-refractivity contribution in [1.29, 1.82) is 0 Å². The lowest BCUT2D eigenvalue weighted by Crippen LogP contribution is -2.11. The van der Waals surface area contributed by atoms with Crippen molar-refractivity contribution < 1.29 is 0 Å². The van der Waals surface area contributed by atoms with Crippen molar-refractivity contribution in [3.63, 3.8) is 0 Å². The second kappa shape index (κ2) is 4.96. The van der Waals surface area contributed by atoms with Crippen LogP contribution in [0.1, 0.15) is 0 Å². The van der Waals surface area contributed by atoms with Crippen LogP contribution in [-0.2, 0) is 0 Å². The lowest BCUT2D eigenvalue weighted by Gasteiger charge is -2.28. The first kappa shape index (κ1) is 11.5. The number of hydrogen-bond donors (Lipinski definition) is 0. The van der Waals surface area contributed by atoms with Crippen LogP contribution in [-0.4, -0.2) is 7.57 Å². The minimum atomic E-state index is -0.744. The average Bonchev–Trinajstić information content (AvgIpc) is 2.47. The molecule has 2 heteroatoms. The maximum absolute atomic E-state index is 6.37. The summed E-state index contributed by atoms with van der Waals surface area (Å²) in [5.41, 5.74) is 0. The van der Waals surface area contributed by atoms with Gasteiger partial charge >= 0.3 is 0 Å². The molecule has 3 rings (SSSR count). The summed E-state index contributed by atoms with van der Waals surface area (Å²) in [6, 6.07) is 25.2. The third-order valence-corrected chi connectivity index (χ3v) is 4.73. The summed E-state index contributed by atoms with van der Waals surface area (Å²) >= 11 is 0. The van der Waals surface area contributed by atoms with Gasteiger partial charge in [0.15, 0.2) is 0 Å². The van der Waals surface area contributed by atoms with Gasteiger partial charge in [-0.1, -0.05) is 77.3 Å². The highest BCUT2D eigenvalue weighted by Gasteiger charge is 1.98. The van der Waals surface area contributed by atoms with E-state index in [0.717, 1.165) is 0 Å². The fourth-order valence-corrected chi connectivity index (χ4v) is 3.37. The molecule has 0 bridgehead atoms. The van der Waals surface area contributed by atoms with Gasteiger partial charge in [-0.3, -0.25) is 0 Å². The van der Waals surface area contributed by atoms with Crippen LogP contribution < -0.4 is 10.6 Å². The predicted molar refractivity (Wildman–Crippen MR) is 82.3 cm³/mol. The summed E-state index contributed by atoms with van der Waals surface area (Å²) in [6.45, 7) is 0. The maximum atomic E-state index is 6.37. The highest BCUT2D eigenvalue weighted by atomic mass is 31.1. The van der Waals surface area contributed by atoms with Crippen LogP contribution in [0.4, 0.5) is 0 Å². The second-order valence-electron chi connectivity index (χ2n) is 4.24. The van der Waals surface area contributed by atoms with Crippen LogP contribution in [0.15, 0.2) is 72.8 Å². The number of hydrogen-bond acceptors (Lipinski definition) is 0. The minimum Gasteiger partial charge on any atom is -0.567 e. The molecule has 0 spiro atoms. The second-order valence-corrected chi connectivity index (χ2v) is 6.01. The first-order valence-corrected chi connectivity index (χ1v) is 7.34. The molecule has 0 amide bonds. The SMILES string of the molecule is [B-]P(c1ccccc1)c1ccc2ccccc2c1. The van der Waals surface area contributed by atoms with Gasteiger partial charge in [-0.25, -0.2) is 0 Å². The molecule has 0 N–H and O–H groups in total. The maximum Gasteiger partial charge on any atom is -0.0179 e. The van der Waals surface area contributed by atoms with E-state index < -0.39 is 7.80 Å². The van der Waals surface area contributed by atoms with Crippen molar-refractivity contribution in [2.75, 3.05) is 0 Å². The molecule has 1 unspecified atom stereocenters. The average molecular weight is 246 g/mol. The van der Waals surface area contributed by atoms with Crippen LogP contribution in [0.25, 0.3) is 10.8 Å². The standard InChI is InChI=1S/C16H12BP/c17-18(15-8-2-1-3-9-15)16-11-10-13-6-4-5-7-14(13)12-16/h1-12H/q-1. The van der Waals surface area contributed by atoms with E-state index in [4.69, 9.17) is 7.57 Å². The van der Waals surface area contributed by atoms with E-state index in [1.807, 2.05) is 18.2 Å². The Balaban J connectivity index is 2.04. The van der Waals surface area contributed by atoms with Crippen molar-refractivity contribution in [2.45, 2.75) is 0 Å². The molecule has 0 fully saturated rings. The first-order valence-electron chi connectivity index (χ1n) is 5.93. The van der Waals surface area contributed by atoms with E-state index in [1.165, 1.54) is 21.4 Å².